The molecule has 1 amide bonds. The first-order valence-corrected chi connectivity index (χ1v) is 5.69. The fraction of sp³-hybridized carbons (Fsp3) is 0.667. The lowest BCUT2D eigenvalue weighted by molar-refractivity contribution is -0.122. The van der Waals surface area contributed by atoms with Crippen LogP contribution < -0.4 is 0 Å². The molecule has 1 rings (SSSR count). The van der Waals surface area contributed by atoms with E-state index in [0.717, 1.165) is 38.6 Å². The Morgan fingerprint density at radius 2 is 2.50 bits per heavy atom. The number of hydrogen-bond donors (Lipinski definition) is 0. The fourth-order valence-electron chi connectivity index (χ4n) is 0.608. The Bertz CT molecular complexity index is 120. The van der Waals surface area contributed by atoms with Crippen molar-refractivity contribution in [1.82, 2.24) is 3.88 Å². The van der Waals surface area contributed by atoms with Gasteiger partial charge in [0.1, 0.15) is 0 Å². The molecule has 0 bridgehead atoms. The highest BCUT2D eigenvalue weighted by atomic mass is 32.2. The lowest BCUT2D eigenvalue weighted by atomic mass is 10.7. The van der Waals surface area contributed by atoms with Gasteiger partial charge in [0.25, 0.3) is 16.3 Å². The molecule has 5 heteroatoms. The molecule has 0 aromatic carbocycles. The standard InChI is InChI=1S/C3H3NOS.2Al.4H/c5-3-1-6-2-4-3;;;;;;/h2H,1H2;;;;;;/q-1;;+1;;;;. The fourth-order valence-corrected chi connectivity index (χ4v) is 3.16. The van der Waals surface area contributed by atoms with E-state index in [0.29, 0.717) is 10.1 Å². The Morgan fingerprint density at radius 3 is 2.62 bits per heavy atom. The summed E-state index contributed by atoms with van der Waals surface area (Å²) < 4.78 is 2.56. The van der Waals surface area contributed by atoms with E-state index < -0.39 is 0 Å². The summed E-state index contributed by atoms with van der Waals surface area (Å²) in [5.74, 6) is 1.08. The van der Waals surface area contributed by atoms with Gasteiger partial charge in [-0.15, -0.1) is 11.8 Å². The summed E-state index contributed by atoms with van der Waals surface area (Å²) in [7, 11) is 0. The quantitative estimate of drug-likeness (QED) is 0.382. The van der Waals surface area contributed by atoms with Crippen molar-refractivity contribution in [2.24, 2.45) is 0 Å². The molecule has 0 N–H and O–H groups in total. The van der Waals surface area contributed by atoms with Crippen molar-refractivity contribution in [3.63, 3.8) is 0 Å². The number of carbonyl (C=O) groups excluding carboxylic acids is 1. The summed E-state index contributed by atoms with van der Waals surface area (Å²) in [6.07, 6.45) is 0. The molecule has 0 spiro atoms. The molecule has 1 atom stereocenters. The molecule has 0 aliphatic carbocycles. The highest BCUT2D eigenvalue weighted by Gasteiger charge is 2.21. The minimum Gasteiger partial charge on any atom is -0.441 e. The van der Waals surface area contributed by atoms with E-state index in [9.17, 15) is 4.79 Å². The zero-order valence-corrected chi connectivity index (χ0v) is 9.86. The van der Waals surface area contributed by atoms with Crippen molar-refractivity contribution in [2.75, 3.05) is 5.75 Å². The van der Waals surface area contributed by atoms with Crippen LogP contribution in [0, 0.1) is 0 Å². The normalized spacial score (nSPS) is 29.2. The van der Waals surface area contributed by atoms with E-state index in [2.05, 4.69) is 0 Å². The first-order chi connectivity index (χ1) is 3.72. The minimum absolute atomic E-state index is 0.349. The van der Waals surface area contributed by atoms with Gasteiger partial charge in [-0.2, -0.15) is 0 Å². The van der Waals surface area contributed by atoms with E-state index in [1.165, 1.54) is 0 Å². The Balaban J connectivity index is 2.56. The third kappa shape index (κ3) is 1.24. The monoisotopic (exact) mass is 159 g/mol. The molecule has 0 aromatic rings. The maximum atomic E-state index is 10.7. The summed E-state index contributed by atoms with van der Waals surface area (Å²) in [4.78, 5) is 10.7. The van der Waals surface area contributed by atoms with E-state index in [4.69, 9.17) is 0 Å². The van der Waals surface area contributed by atoms with E-state index >= 15 is 0 Å². The SMILES string of the molecule is O=C1CS[CH]([AlH2])[N]1[AlH2]. The van der Waals surface area contributed by atoms with Crippen LogP contribution >= 0.6 is 11.8 Å². The summed E-state index contributed by atoms with van der Waals surface area (Å²) in [5, 5.41) is 0. The third-order valence-electron chi connectivity index (χ3n) is 1.39. The molecular weight excluding hydrogens is 152 g/mol. The summed E-state index contributed by atoms with van der Waals surface area (Å²) in [5.41, 5.74) is 0. The number of rotatable bonds is 0. The Morgan fingerprint density at radius 1 is 1.88 bits per heavy atom. The Hall–Kier alpha value is 0.885. The average Bonchev–Trinajstić information content (AvgIpc) is 1.98. The maximum absolute atomic E-state index is 10.7. The van der Waals surface area contributed by atoms with Crippen molar-refractivity contribution < 1.29 is 4.79 Å². The molecule has 1 unspecified atom stereocenters. The zero-order chi connectivity index (χ0) is 6.15. The molecule has 0 aromatic heterocycles. The van der Waals surface area contributed by atoms with Gasteiger partial charge in [-0.3, -0.25) is 4.79 Å². The largest absolute Gasteiger partial charge is 0.441 e. The Labute approximate surface area is 69.0 Å². The van der Waals surface area contributed by atoms with Crippen LogP contribution in [0.25, 0.3) is 0 Å². The van der Waals surface area contributed by atoms with Gasteiger partial charge in [0.15, 0.2) is 0 Å². The minimum atomic E-state index is 0.349. The van der Waals surface area contributed by atoms with Crippen LogP contribution in [0.1, 0.15) is 0 Å². The van der Waals surface area contributed by atoms with Crippen molar-refractivity contribution in [2.45, 2.75) is 4.24 Å². The second kappa shape index (κ2) is 2.65. The molecule has 8 heavy (non-hydrogen) atoms. The smallest absolute Gasteiger partial charge is 0.367 e. The third-order valence-corrected chi connectivity index (χ3v) is 7.05. The number of amides is 1. The Kier molecular flexibility index (Phi) is 2.31. The highest BCUT2D eigenvalue weighted by Crippen LogP contribution is 2.18. The first kappa shape index (κ1) is 7.00. The van der Waals surface area contributed by atoms with Crippen LogP contribution in [0.5, 0.6) is 0 Å². The number of carbonyl (C=O) groups is 1. The van der Waals surface area contributed by atoms with Crippen LogP contribution in [0.2, 0.25) is 0 Å². The molecule has 1 aliphatic rings. The highest BCUT2D eigenvalue weighted by molar-refractivity contribution is 8.02. The van der Waals surface area contributed by atoms with Crippen molar-refractivity contribution in [3.8, 4) is 0 Å². The molecule has 0 saturated carbocycles. The predicted molar refractivity (Wildman–Crippen MR) is 40.2 cm³/mol. The maximum Gasteiger partial charge on any atom is 0.367 e. The number of hydrogen-bond acceptors (Lipinski definition) is 2. The zero-order valence-electron chi connectivity index (χ0n) is 5.05. The summed E-state index contributed by atoms with van der Waals surface area (Å²) in [6, 6.07) is 0. The van der Waals surface area contributed by atoms with Crippen LogP contribution in [0.4, 0.5) is 0 Å². The van der Waals surface area contributed by atoms with Gasteiger partial charge >= 0.3 is 16.5 Å². The number of nitrogens with zero attached hydrogens (tertiary/aromatic N) is 1. The van der Waals surface area contributed by atoms with Gasteiger partial charge in [0.2, 0.25) is 5.91 Å². The molecule has 2 nitrogen and oxygen atoms in total. The molecular formula is C3H7Al2NOS. The summed E-state index contributed by atoms with van der Waals surface area (Å²) >= 11 is 3.83. The average molecular weight is 159 g/mol. The van der Waals surface area contributed by atoms with Gasteiger partial charge in [-0.1, -0.05) is 0 Å². The molecule has 1 heterocycles. The second-order valence-corrected chi connectivity index (χ2v) is 6.11. The van der Waals surface area contributed by atoms with Crippen molar-refractivity contribution >= 4 is 50.5 Å². The van der Waals surface area contributed by atoms with Gasteiger partial charge < -0.3 is 3.88 Å². The van der Waals surface area contributed by atoms with Crippen LogP contribution in [0.15, 0.2) is 0 Å². The van der Waals surface area contributed by atoms with Gasteiger partial charge in [0.05, 0.1) is 5.75 Å². The summed E-state index contributed by atoms with van der Waals surface area (Å²) in [6.45, 7) is 0. The van der Waals surface area contributed by atoms with Crippen LogP contribution in [-0.2, 0) is 4.79 Å². The first-order valence-electron chi connectivity index (χ1n) is 2.59. The van der Waals surface area contributed by atoms with E-state index in [1.807, 2.05) is 3.88 Å². The lowest BCUT2D eigenvalue weighted by Crippen LogP contribution is -2.29. The van der Waals surface area contributed by atoms with Crippen LogP contribution in [0.3, 0.4) is 0 Å². The molecule has 0 radical (unpaired) electrons. The predicted octanol–water partition coefficient (Wildman–Crippen LogP) is -1.97. The molecule has 1 aliphatic heterocycles. The van der Waals surface area contributed by atoms with Gasteiger partial charge in [-0.25, -0.2) is 0 Å². The van der Waals surface area contributed by atoms with Crippen molar-refractivity contribution in [3.05, 3.63) is 0 Å². The second-order valence-electron chi connectivity index (χ2n) is 1.91. The van der Waals surface area contributed by atoms with E-state index in [-0.39, 0.29) is 0 Å². The topological polar surface area (TPSA) is 20.3 Å². The van der Waals surface area contributed by atoms with Crippen LogP contribution in [-0.4, -0.2) is 52.6 Å². The van der Waals surface area contributed by atoms with Gasteiger partial charge in [-0.05, 0) is 4.24 Å². The molecule has 1 fully saturated rings. The molecule has 1 saturated heterocycles. The molecule has 42 valence electrons. The van der Waals surface area contributed by atoms with Gasteiger partial charge in [0, 0.05) is 0 Å². The van der Waals surface area contributed by atoms with E-state index in [1.54, 1.807) is 11.8 Å². The lowest BCUT2D eigenvalue weighted by Gasteiger charge is -2.14. The van der Waals surface area contributed by atoms with Crippen molar-refractivity contribution in [1.29, 1.82) is 0 Å². The number of thioether (sulfide) groups is 1.